The second-order valence-corrected chi connectivity index (χ2v) is 6.03. The van der Waals surface area contributed by atoms with Gasteiger partial charge in [-0.15, -0.1) is 0 Å². The molecule has 1 N–H and O–H groups in total. The Bertz CT molecular complexity index is 390. The van der Waals surface area contributed by atoms with Crippen LogP contribution in [0.25, 0.3) is 0 Å². The summed E-state index contributed by atoms with van der Waals surface area (Å²) in [6, 6.07) is 4.89. The number of nitrogens with one attached hydrogen (secondary N) is 1. The van der Waals surface area contributed by atoms with E-state index in [-0.39, 0.29) is 0 Å². The highest BCUT2D eigenvalue weighted by molar-refractivity contribution is 9.10. The van der Waals surface area contributed by atoms with Crippen LogP contribution in [0.4, 0.5) is 0 Å². The number of hydrogen-bond acceptors (Lipinski definition) is 2. The van der Waals surface area contributed by atoms with Crippen molar-refractivity contribution < 1.29 is 4.74 Å². The minimum absolute atomic E-state index is 0.388. The van der Waals surface area contributed by atoms with E-state index in [0.717, 1.165) is 25.1 Å². The fraction of sp³-hybridized carbons (Fsp3) is 0.600. The molecule has 0 atom stereocenters. The fourth-order valence-corrected chi connectivity index (χ4v) is 2.57. The molecule has 0 saturated heterocycles. The Morgan fingerprint density at radius 2 is 1.89 bits per heavy atom. The van der Waals surface area contributed by atoms with Crippen LogP contribution >= 0.6 is 15.9 Å². The number of benzene rings is 1. The molecule has 1 aromatic carbocycles. The second kappa shape index (κ2) is 6.07. The van der Waals surface area contributed by atoms with E-state index in [2.05, 4.69) is 54.2 Å². The lowest BCUT2D eigenvalue weighted by molar-refractivity contribution is 0.0851. The lowest BCUT2D eigenvalue weighted by atomic mass is 9.89. The van der Waals surface area contributed by atoms with Crippen molar-refractivity contribution in [1.29, 1.82) is 0 Å². The molecule has 18 heavy (non-hydrogen) atoms. The summed E-state index contributed by atoms with van der Waals surface area (Å²) in [5.74, 6) is 1.01. The predicted molar refractivity (Wildman–Crippen MR) is 79.3 cm³/mol. The third-order valence-corrected chi connectivity index (χ3v) is 4.74. The Balaban J connectivity index is 1.85. The number of halogens is 1. The molecular weight excluding hydrogens is 290 g/mol. The molecule has 0 aromatic heterocycles. The van der Waals surface area contributed by atoms with Crippen LogP contribution in [0, 0.1) is 13.8 Å². The number of aryl methyl sites for hydroxylation is 2. The van der Waals surface area contributed by atoms with Crippen LogP contribution in [-0.2, 0) is 0 Å². The maximum Gasteiger partial charge on any atom is 0.120 e. The first-order chi connectivity index (χ1) is 8.60. The first-order valence-electron chi connectivity index (χ1n) is 6.77. The summed E-state index contributed by atoms with van der Waals surface area (Å²) in [5, 5.41) is 3.53. The van der Waals surface area contributed by atoms with Crippen molar-refractivity contribution in [2.24, 2.45) is 0 Å². The van der Waals surface area contributed by atoms with Gasteiger partial charge in [0.2, 0.25) is 0 Å². The van der Waals surface area contributed by atoms with Gasteiger partial charge in [0.15, 0.2) is 0 Å². The van der Waals surface area contributed by atoms with Gasteiger partial charge >= 0.3 is 0 Å². The van der Waals surface area contributed by atoms with Gasteiger partial charge in [0.05, 0.1) is 0 Å². The van der Waals surface area contributed by atoms with Gasteiger partial charge in [-0.2, -0.15) is 0 Å². The first kappa shape index (κ1) is 13.9. The summed E-state index contributed by atoms with van der Waals surface area (Å²) in [6.45, 7) is 7.54. The van der Waals surface area contributed by atoms with Gasteiger partial charge in [0.1, 0.15) is 11.9 Å². The van der Waals surface area contributed by atoms with Crippen LogP contribution in [0.2, 0.25) is 0 Å². The topological polar surface area (TPSA) is 21.3 Å². The summed E-state index contributed by atoms with van der Waals surface area (Å²) in [5.41, 5.74) is 2.48. The summed E-state index contributed by atoms with van der Waals surface area (Å²) in [6.07, 6.45) is 3.86. The van der Waals surface area contributed by atoms with Gasteiger partial charge < -0.3 is 10.1 Å². The molecule has 0 bridgehead atoms. The van der Waals surface area contributed by atoms with E-state index in [1.807, 2.05) is 0 Å². The maximum atomic E-state index is 6.02. The standard InChI is InChI=1S/C15H22BrNO/c1-4-5-17-12-8-14(9-12)18-13-6-10(2)15(16)11(3)7-13/h6-7,12,14,17H,4-5,8-9H2,1-3H3. The Hall–Kier alpha value is -0.540. The molecular formula is C15H22BrNO. The normalized spacial score (nSPS) is 22.7. The molecule has 0 radical (unpaired) electrons. The van der Waals surface area contributed by atoms with Crippen LogP contribution < -0.4 is 10.1 Å². The smallest absolute Gasteiger partial charge is 0.120 e. The van der Waals surface area contributed by atoms with Crippen molar-refractivity contribution in [1.82, 2.24) is 5.32 Å². The third kappa shape index (κ3) is 3.27. The quantitative estimate of drug-likeness (QED) is 0.888. The van der Waals surface area contributed by atoms with E-state index in [9.17, 15) is 0 Å². The van der Waals surface area contributed by atoms with Gasteiger partial charge in [0, 0.05) is 10.5 Å². The molecule has 0 spiro atoms. The van der Waals surface area contributed by atoms with E-state index in [1.165, 1.54) is 22.0 Å². The predicted octanol–water partition coefficient (Wildman–Crippen LogP) is 3.98. The zero-order valence-electron chi connectivity index (χ0n) is 11.4. The Kier molecular flexibility index (Phi) is 4.68. The van der Waals surface area contributed by atoms with Crippen LogP contribution in [0.3, 0.4) is 0 Å². The van der Waals surface area contributed by atoms with Crippen LogP contribution in [-0.4, -0.2) is 18.7 Å². The monoisotopic (exact) mass is 311 g/mol. The van der Waals surface area contributed by atoms with E-state index < -0.39 is 0 Å². The van der Waals surface area contributed by atoms with E-state index >= 15 is 0 Å². The summed E-state index contributed by atoms with van der Waals surface area (Å²) < 4.78 is 7.20. The minimum atomic E-state index is 0.388. The first-order valence-corrected chi connectivity index (χ1v) is 7.56. The van der Waals surface area contributed by atoms with Crippen LogP contribution in [0.15, 0.2) is 16.6 Å². The van der Waals surface area contributed by atoms with Gasteiger partial charge in [-0.1, -0.05) is 22.9 Å². The van der Waals surface area contributed by atoms with E-state index in [1.54, 1.807) is 0 Å². The van der Waals surface area contributed by atoms with Crippen molar-refractivity contribution in [3.8, 4) is 5.75 Å². The lowest BCUT2D eigenvalue weighted by Gasteiger charge is -2.36. The van der Waals surface area contributed by atoms with Crippen molar-refractivity contribution in [3.63, 3.8) is 0 Å². The van der Waals surface area contributed by atoms with Gasteiger partial charge in [-0.05, 0) is 62.9 Å². The molecule has 1 fully saturated rings. The average Bonchev–Trinajstić information content (AvgIpc) is 2.28. The van der Waals surface area contributed by atoms with E-state index in [4.69, 9.17) is 4.74 Å². The molecule has 0 aliphatic heterocycles. The molecule has 1 saturated carbocycles. The SMILES string of the molecule is CCCNC1CC(Oc2cc(C)c(Br)c(C)c2)C1. The summed E-state index contributed by atoms with van der Waals surface area (Å²) in [7, 11) is 0. The zero-order valence-corrected chi connectivity index (χ0v) is 13.0. The van der Waals surface area contributed by atoms with Gasteiger partial charge in [0.25, 0.3) is 0 Å². The number of ether oxygens (including phenoxy) is 1. The third-order valence-electron chi connectivity index (χ3n) is 3.49. The maximum absolute atomic E-state index is 6.02. The summed E-state index contributed by atoms with van der Waals surface area (Å²) >= 11 is 3.58. The number of hydrogen-bond donors (Lipinski definition) is 1. The highest BCUT2D eigenvalue weighted by atomic mass is 79.9. The second-order valence-electron chi connectivity index (χ2n) is 5.23. The van der Waals surface area contributed by atoms with Crippen LogP contribution in [0.1, 0.15) is 37.3 Å². The van der Waals surface area contributed by atoms with Crippen molar-refractivity contribution in [2.45, 2.75) is 52.2 Å². The molecule has 2 rings (SSSR count). The van der Waals surface area contributed by atoms with E-state index in [0.29, 0.717) is 12.1 Å². The molecule has 0 unspecified atom stereocenters. The lowest BCUT2D eigenvalue weighted by Crippen LogP contribution is -2.46. The zero-order chi connectivity index (χ0) is 13.1. The minimum Gasteiger partial charge on any atom is -0.490 e. The average molecular weight is 312 g/mol. The fourth-order valence-electron chi connectivity index (χ4n) is 2.34. The molecule has 1 aromatic rings. The van der Waals surface area contributed by atoms with Crippen molar-refractivity contribution >= 4 is 15.9 Å². The molecule has 1 aliphatic carbocycles. The molecule has 100 valence electrons. The largest absolute Gasteiger partial charge is 0.490 e. The molecule has 3 heteroatoms. The van der Waals surface area contributed by atoms with Gasteiger partial charge in [-0.3, -0.25) is 0 Å². The Morgan fingerprint density at radius 3 is 2.44 bits per heavy atom. The molecule has 0 amide bonds. The van der Waals surface area contributed by atoms with Crippen LogP contribution in [0.5, 0.6) is 5.75 Å². The number of rotatable bonds is 5. The molecule has 2 nitrogen and oxygen atoms in total. The molecule has 0 heterocycles. The highest BCUT2D eigenvalue weighted by Gasteiger charge is 2.30. The summed E-state index contributed by atoms with van der Waals surface area (Å²) in [4.78, 5) is 0. The Morgan fingerprint density at radius 1 is 1.28 bits per heavy atom. The van der Waals surface area contributed by atoms with Crippen molar-refractivity contribution in [2.75, 3.05) is 6.54 Å². The van der Waals surface area contributed by atoms with Gasteiger partial charge in [-0.25, -0.2) is 0 Å². The van der Waals surface area contributed by atoms with Crippen molar-refractivity contribution in [3.05, 3.63) is 27.7 Å². The Labute approximate surface area is 118 Å². The highest BCUT2D eigenvalue weighted by Crippen LogP contribution is 2.30. The molecule has 1 aliphatic rings.